The number of hydrogen-bond acceptors (Lipinski definition) is 4. The minimum atomic E-state index is -0.169. The summed E-state index contributed by atoms with van der Waals surface area (Å²) in [6.07, 6.45) is 4.12. The summed E-state index contributed by atoms with van der Waals surface area (Å²) in [7, 11) is 0. The number of carbonyl (C=O) groups excluding carboxylic acids is 2. The second-order valence-electron chi connectivity index (χ2n) is 7.13. The summed E-state index contributed by atoms with van der Waals surface area (Å²) in [5.74, 6) is -0.0315. The first-order valence-electron chi connectivity index (χ1n) is 9.25. The van der Waals surface area contributed by atoms with E-state index >= 15 is 0 Å². The lowest BCUT2D eigenvalue weighted by atomic mass is 10.1. The highest BCUT2D eigenvalue weighted by Gasteiger charge is 2.37. The van der Waals surface area contributed by atoms with Gasteiger partial charge in [0.2, 0.25) is 5.91 Å². The molecule has 1 aromatic heterocycles. The molecule has 0 spiro atoms. The van der Waals surface area contributed by atoms with E-state index in [1.165, 1.54) is 22.5 Å². The lowest BCUT2D eigenvalue weighted by molar-refractivity contribution is -0.129. The second-order valence-corrected chi connectivity index (χ2v) is 8.07. The van der Waals surface area contributed by atoms with E-state index in [-0.39, 0.29) is 23.9 Å². The van der Waals surface area contributed by atoms with Gasteiger partial charge in [-0.25, -0.2) is 4.98 Å². The Morgan fingerprint density at radius 2 is 2.00 bits per heavy atom. The van der Waals surface area contributed by atoms with E-state index in [2.05, 4.69) is 41.5 Å². The summed E-state index contributed by atoms with van der Waals surface area (Å²) < 4.78 is 0. The van der Waals surface area contributed by atoms with Crippen molar-refractivity contribution in [2.45, 2.75) is 51.1 Å². The van der Waals surface area contributed by atoms with Crippen molar-refractivity contribution in [2.24, 2.45) is 0 Å². The molecular weight excluding hydrogens is 346 g/mol. The zero-order chi connectivity index (χ0) is 18.1. The number of hydrogen-bond donors (Lipinski definition) is 1. The molecule has 0 saturated carbocycles. The summed E-state index contributed by atoms with van der Waals surface area (Å²) in [5, 5.41) is 5.80. The Bertz CT molecular complexity index is 807. The summed E-state index contributed by atoms with van der Waals surface area (Å²) in [4.78, 5) is 31.3. The maximum atomic E-state index is 12.5. The second kappa shape index (κ2) is 7.19. The van der Waals surface area contributed by atoms with Crippen LogP contribution in [0.5, 0.6) is 0 Å². The standard InChI is InChI=1S/C20H23N3O2S/c1-2-5-18-22-17(12-26-18)20(25)21-15-10-19(24)23(11-15)16-8-13-6-3-4-7-14(13)9-16/h3-4,6-7,12,15-16H,2,5,8-11H2,1H3,(H,21,25)/t15-/m1/s1. The van der Waals surface area contributed by atoms with Crippen molar-refractivity contribution < 1.29 is 9.59 Å². The third-order valence-electron chi connectivity index (χ3n) is 5.21. The number of amides is 2. The van der Waals surface area contributed by atoms with Gasteiger partial charge in [-0.1, -0.05) is 31.2 Å². The lowest BCUT2D eigenvalue weighted by Crippen LogP contribution is -2.41. The highest BCUT2D eigenvalue weighted by atomic mass is 32.1. The lowest BCUT2D eigenvalue weighted by Gasteiger charge is -2.24. The van der Waals surface area contributed by atoms with Crippen LogP contribution in [0.25, 0.3) is 0 Å². The largest absolute Gasteiger partial charge is 0.346 e. The molecule has 6 heteroatoms. The van der Waals surface area contributed by atoms with Gasteiger partial charge in [-0.2, -0.15) is 0 Å². The first-order chi connectivity index (χ1) is 12.6. The van der Waals surface area contributed by atoms with Crippen molar-refractivity contribution >= 4 is 23.2 Å². The normalized spacial score (nSPS) is 19.8. The molecule has 4 rings (SSSR count). The molecule has 0 unspecified atom stereocenters. The number of thiazole rings is 1. The molecule has 2 amide bonds. The number of aromatic nitrogens is 1. The number of nitrogens with zero attached hydrogens (tertiary/aromatic N) is 2. The topological polar surface area (TPSA) is 62.3 Å². The fourth-order valence-electron chi connectivity index (χ4n) is 3.94. The van der Waals surface area contributed by atoms with Crippen molar-refractivity contribution in [3.05, 3.63) is 51.5 Å². The van der Waals surface area contributed by atoms with Crippen LogP contribution in [0, 0.1) is 0 Å². The monoisotopic (exact) mass is 369 g/mol. The van der Waals surface area contributed by atoms with E-state index in [0.29, 0.717) is 18.7 Å². The molecule has 136 valence electrons. The number of rotatable bonds is 5. The summed E-state index contributed by atoms with van der Waals surface area (Å²) >= 11 is 1.53. The Morgan fingerprint density at radius 3 is 2.69 bits per heavy atom. The number of likely N-dealkylation sites (tertiary alicyclic amines) is 1. The Balaban J connectivity index is 1.37. The first-order valence-corrected chi connectivity index (χ1v) is 10.1. The van der Waals surface area contributed by atoms with Gasteiger partial charge in [0.25, 0.3) is 5.91 Å². The van der Waals surface area contributed by atoms with Gasteiger partial charge in [0, 0.05) is 24.4 Å². The van der Waals surface area contributed by atoms with E-state index in [4.69, 9.17) is 0 Å². The molecule has 1 saturated heterocycles. The molecule has 5 nitrogen and oxygen atoms in total. The Morgan fingerprint density at radius 1 is 1.27 bits per heavy atom. The number of carbonyl (C=O) groups is 2. The molecule has 1 aromatic carbocycles. The van der Waals surface area contributed by atoms with Crippen molar-refractivity contribution in [3.8, 4) is 0 Å². The number of fused-ring (bicyclic) bond motifs is 1. The van der Waals surface area contributed by atoms with E-state index in [9.17, 15) is 9.59 Å². The molecule has 1 atom stereocenters. The molecule has 2 aliphatic rings. The van der Waals surface area contributed by atoms with Crippen LogP contribution in [0.4, 0.5) is 0 Å². The molecule has 0 radical (unpaired) electrons. The molecule has 2 aromatic rings. The van der Waals surface area contributed by atoms with Gasteiger partial charge >= 0.3 is 0 Å². The van der Waals surface area contributed by atoms with Gasteiger partial charge in [0.05, 0.1) is 11.0 Å². The van der Waals surface area contributed by atoms with Crippen LogP contribution in [0.2, 0.25) is 0 Å². The molecule has 1 fully saturated rings. The minimum Gasteiger partial charge on any atom is -0.346 e. The van der Waals surface area contributed by atoms with Crippen LogP contribution in [-0.4, -0.2) is 40.3 Å². The number of aryl methyl sites for hydroxylation is 1. The third kappa shape index (κ3) is 3.38. The summed E-state index contributed by atoms with van der Waals surface area (Å²) in [6, 6.07) is 8.48. The van der Waals surface area contributed by atoms with Gasteiger partial charge in [0.15, 0.2) is 0 Å². The van der Waals surface area contributed by atoms with Gasteiger partial charge < -0.3 is 10.2 Å². The van der Waals surface area contributed by atoms with E-state index in [1.54, 1.807) is 0 Å². The average Bonchev–Trinajstić information content (AvgIpc) is 3.33. The van der Waals surface area contributed by atoms with E-state index in [0.717, 1.165) is 30.7 Å². The molecule has 0 bridgehead atoms. The van der Waals surface area contributed by atoms with Crippen LogP contribution in [-0.2, 0) is 24.1 Å². The van der Waals surface area contributed by atoms with Crippen molar-refractivity contribution in [2.75, 3.05) is 6.54 Å². The smallest absolute Gasteiger partial charge is 0.271 e. The van der Waals surface area contributed by atoms with Crippen molar-refractivity contribution in [1.82, 2.24) is 15.2 Å². The quantitative estimate of drug-likeness (QED) is 0.881. The molecule has 1 N–H and O–H groups in total. The first kappa shape index (κ1) is 17.2. The van der Waals surface area contributed by atoms with Crippen LogP contribution in [0.15, 0.2) is 29.6 Å². The Labute approximate surface area is 157 Å². The fraction of sp³-hybridized carbons (Fsp3) is 0.450. The average molecular weight is 369 g/mol. The fourth-order valence-corrected chi connectivity index (χ4v) is 4.82. The zero-order valence-electron chi connectivity index (χ0n) is 14.9. The van der Waals surface area contributed by atoms with Crippen LogP contribution in [0.3, 0.4) is 0 Å². The minimum absolute atomic E-state index is 0.130. The van der Waals surface area contributed by atoms with Crippen molar-refractivity contribution in [3.63, 3.8) is 0 Å². The maximum absolute atomic E-state index is 12.5. The highest BCUT2D eigenvalue weighted by Crippen LogP contribution is 2.28. The Hall–Kier alpha value is -2.21. The number of nitrogens with one attached hydrogen (secondary N) is 1. The number of benzene rings is 1. The molecule has 1 aliphatic heterocycles. The molecule has 1 aliphatic carbocycles. The molecule has 26 heavy (non-hydrogen) atoms. The van der Waals surface area contributed by atoms with Gasteiger partial charge in [-0.05, 0) is 36.8 Å². The Kier molecular flexibility index (Phi) is 4.76. The van der Waals surface area contributed by atoms with Crippen molar-refractivity contribution in [1.29, 1.82) is 0 Å². The molecule has 2 heterocycles. The zero-order valence-corrected chi connectivity index (χ0v) is 15.7. The third-order valence-corrected chi connectivity index (χ3v) is 6.12. The van der Waals surface area contributed by atoms with E-state index in [1.807, 2.05) is 10.3 Å². The molecular formula is C20H23N3O2S. The summed E-state index contributed by atoms with van der Waals surface area (Å²) in [6.45, 7) is 2.69. The van der Waals surface area contributed by atoms with Crippen LogP contribution >= 0.6 is 11.3 Å². The SMILES string of the molecule is CCCc1nc(C(=O)N[C@@H]2CC(=O)N(C3Cc4ccccc4C3)C2)cs1. The van der Waals surface area contributed by atoms with Crippen LogP contribution < -0.4 is 5.32 Å². The van der Waals surface area contributed by atoms with Crippen LogP contribution in [0.1, 0.15) is 46.4 Å². The van der Waals surface area contributed by atoms with Gasteiger partial charge in [-0.3, -0.25) is 9.59 Å². The van der Waals surface area contributed by atoms with Gasteiger partial charge in [-0.15, -0.1) is 11.3 Å². The predicted octanol–water partition coefficient (Wildman–Crippen LogP) is 2.59. The highest BCUT2D eigenvalue weighted by molar-refractivity contribution is 7.09. The summed E-state index contributed by atoms with van der Waals surface area (Å²) in [5.41, 5.74) is 3.14. The predicted molar refractivity (Wildman–Crippen MR) is 101 cm³/mol. The maximum Gasteiger partial charge on any atom is 0.271 e. The van der Waals surface area contributed by atoms with Gasteiger partial charge in [0.1, 0.15) is 5.69 Å². The van der Waals surface area contributed by atoms with E-state index < -0.39 is 0 Å².